The summed E-state index contributed by atoms with van der Waals surface area (Å²) in [6, 6.07) is -0.263. The number of benzene rings is 1. The van der Waals surface area contributed by atoms with E-state index in [4.69, 9.17) is 5.73 Å². The second kappa shape index (κ2) is 7.14. The standard InChI is InChI=1S/C11H11BrF3NO3.ClH/c1-2-19-10(18)11(14,15)9(16)7-5(12)3-4-6(13)8(7)17;/h3-4,9,17H,2,16H2,1H3;1H/t9-;/m1./s1. The van der Waals surface area contributed by atoms with E-state index in [2.05, 4.69) is 20.7 Å². The van der Waals surface area contributed by atoms with Crippen molar-refractivity contribution in [2.45, 2.75) is 18.9 Å². The minimum atomic E-state index is -4.09. The maximum atomic E-state index is 13.7. The first-order valence-corrected chi connectivity index (χ1v) is 6.00. The van der Waals surface area contributed by atoms with Crippen LogP contribution in [0.25, 0.3) is 0 Å². The molecule has 0 amide bonds. The van der Waals surface area contributed by atoms with Crippen LogP contribution < -0.4 is 5.73 Å². The summed E-state index contributed by atoms with van der Waals surface area (Å²) < 4.78 is 44.8. The van der Waals surface area contributed by atoms with Crippen molar-refractivity contribution in [2.75, 3.05) is 6.61 Å². The molecule has 1 aromatic carbocycles. The van der Waals surface area contributed by atoms with E-state index in [0.717, 1.165) is 12.1 Å². The molecule has 1 rings (SSSR count). The molecule has 9 heteroatoms. The van der Waals surface area contributed by atoms with Crippen LogP contribution in [0, 0.1) is 5.82 Å². The second-order valence-electron chi connectivity index (χ2n) is 3.61. The second-order valence-corrected chi connectivity index (χ2v) is 4.47. The van der Waals surface area contributed by atoms with Crippen molar-refractivity contribution < 1.29 is 27.8 Å². The summed E-state index contributed by atoms with van der Waals surface area (Å²) >= 11 is 2.87. The van der Waals surface area contributed by atoms with E-state index in [1.165, 1.54) is 6.92 Å². The van der Waals surface area contributed by atoms with Crippen molar-refractivity contribution in [2.24, 2.45) is 5.73 Å². The SMILES string of the molecule is CCOC(=O)C(F)(F)[C@H](N)c1c(Br)ccc(F)c1O.Cl. The van der Waals surface area contributed by atoms with Crippen LogP contribution in [0.4, 0.5) is 13.2 Å². The summed E-state index contributed by atoms with van der Waals surface area (Å²) in [7, 11) is 0. The van der Waals surface area contributed by atoms with E-state index >= 15 is 0 Å². The van der Waals surface area contributed by atoms with Gasteiger partial charge in [-0.25, -0.2) is 9.18 Å². The van der Waals surface area contributed by atoms with Crippen molar-refractivity contribution in [1.82, 2.24) is 0 Å². The number of phenols is 1. The average molecular weight is 379 g/mol. The first kappa shape index (κ1) is 19.0. The lowest BCUT2D eigenvalue weighted by Crippen LogP contribution is -2.42. The number of esters is 1. The lowest BCUT2D eigenvalue weighted by atomic mass is 10.00. The molecule has 0 heterocycles. The molecule has 0 spiro atoms. The van der Waals surface area contributed by atoms with Crippen molar-refractivity contribution in [3.63, 3.8) is 0 Å². The van der Waals surface area contributed by atoms with Crippen LogP contribution in [0.2, 0.25) is 0 Å². The largest absolute Gasteiger partial charge is 0.505 e. The Morgan fingerprint density at radius 1 is 1.55 bits per heavy atom. The molecule has 114 valence electrons. The Kier molecular flexibility index (Phi) is 6.79. The Morgan fingerprint density at radius 3 is 2.60 bits per heavy atom. The molecule has 1 atom stereocenters. The van der Waals surface area contributed by atoms with Crippen molar-refractivity contribution in [3.05, 3.63) is 28.0 Å². The van der Waals surface area contributed by atoms with Gasteiger partial charge in [-0.15, -0.1) is 12.4 Å². The van der Waals surface area contributed by atoms with Crippen LogP contribution in [-0.4, -0.2) is 23.6 Å². The maximum absolute atomic E-state index is 13.7. The smallest absolute Gasteiger partial charge is 0.379 e. The zero-order valence-corrected chi connectivity index (χ0v) is 12.6. The van der Waals surface area contributed by atoms with Crippen LogP contribution >= 0.6 is 28.3 Å². The molecule has 0 aliphatic rings. The van der Waals surface area contributed by atoms with E-state index in [1.54, 1.807) is 0 Å². The Bertz CT molecular complexity index is 502. The summed E-state index contributed by atoms with van der Waals surface area (Å²) in [4.78, 5) is 11.1. The molecule has 0 aliphatic carbocycles. The third-order valence-electron chi connectivity index (χ3n) is 2.36. The fourth-order valence-corrected chi connectivity index (χ4v) is 1.95. The molecule has 0 unspecified atom stereocenters. The zero-order valence-electron chi connectivity index (χ0n) is 10.2. The molecule has 3 N–H and O–H groups in total. The minimum absolute atomic E-state index is 0. The molecule has 0 aliphatic heterocycles. The number of rotatable bonds is 4. The molecule has 0 saturated heterocycles. The number of hydrogen-bond donors (Lipinski definition) is 2. The quantitative estimate of drug-likeness (QED) is 0.790. The van der Waals surface area contributed by atoms with E-state index in [1.807, 2.05) is 0 Å². The molecule has 4 nitrogen and oxygen atoms in total. The Balaban J connectivity index is 0.00000361. The van der Waals surface area contributed by atoms with Gasteiger partial charge in [-0.1, -0.05) is 15.9 Å². The van der Waals surface area contributed by atoms with Gasteiger partial charge in [0.2, 0.25) is 0 Å². The third-order valence-corrected chi connectivity index (χ3v) is 3.06. The number of phenolic OH excluding ortho intramolecular Hbond substituents is 1. The number of nitrogens with two attached hydrogens (primary N) is 1. The maximum Gasteiger partial charge on any atom is 0.379 e. The normalized spacial score (nSPS) is 12.5. The van der Waals surface area contributed by atoms with Crippen LogP contribution in [0.15, 0.2) is 16.6 Å². The van der Waals surface area contributed by atoms with Gasteiger partial charge in [0, 0.05) is 10.0 Å². The fraction of sp³-hybridized carbons (Fsp3) is 0.364. The predicted molar refractivity (Wildman–Crippen MR) is 71.5 cm³/mol. The van der Waals surface area contributed by atoms with E-state index in [-0.39, 0.29) is 23.5 Å². The van der Waals surface area contributed by atoms with Gasteiger partial charge in [0.1, 0.15) is 6.04 Å². The van der Waals surface area contributed by atoms with Gasteiger partial charge in [0.15, 0.2) is 11.6 Å². The lowest BCUT2D eigenvalue weighted by molar-refractivity contribution is -0.174. The van der Waals surface area contributed by atoms with Crippen LogP contribution in [0.5, 0.6) is 5.75 Å². The molecule has 0 radical (unpaired) electrons. The Morgan fingerprint density at radius 2 is 2.10 bits per heavy atom. The molecule has 20 heavy (non-hydrogen) atoms. The number of aromatic hydroxyl groups is 1. The predicted octanol–water partition coefficient (Wildman–Crippen LogP) is 2.91. The molecule has 1 aromatic rings. The van der Waals surface area contributed by atoms with Crippen molar-refractivity contribution in [3.8, 4) is 5.75 Å². The monoisotopic (exact) mass is 377 g/mol. The molecule has 0 fully saturated rings. The summed E-state index contributed by atoms with van der Waals surface area (Å²) in [5, 5.41) is 9.45. The van der Waals surface area contributed by atoms with E-state index < -0.39 is 35.1 Å². The number of hydrogen-bond acceptors (Lipinski definition) is 4. The first-order valence-electron chi connectivity index (χ1n) is 5.20. The van der Waals surface area contributed by atoms with Gasteiger partial charge in [0.25, 0.3) is 0 Å². The molecule has 0 saturated carbocycles. The topological polar surface area (TPSA) is 72.5 Å². The number of ether oxygens (including phenoxy) is 1. The van der Waals surface area contributed by atoms with Crippen molar-refractivity contribution in [1.29, 1.82) is 0 Å². The number of halogens is 5. The first-order chi connectivity index (χ1) is 8.73. The number of alkyl halides is 2. The van der Waals surface area contributed by atoms with Crippen molar-refractivity contribution >= 4 is 34.3 Å². The molecular formula is C11H12BrClF3NO3. The minimum Gasteiger partial charge on any atom is -0.505 e. The van der Waals surface area contributed by atoms with E-state index in [0.29, 0.717) is 0 Å². The number of carbonyl (C=O) groups is 1. The fourth-order valence-electron chi connectivity index (χ4n) is 1.39. The van der Waals surface area contributed by atoms with Gasteiger partial charge in [0.05, 0.1) is 6.61 Å². The van der Waals surface area contributed by atoms with Gasteiger partial charge >= 0.3 is 11.9 Å². The molecule has 0 aromatic heterocycles. The highest BCUT2D eigenvalue weighted by molar-refractivity contribution is 9.10. The van der Waals surface area contributed by atoms with Gasteiger partial charge in [-0.2, -0.15) is 8.78 Å². The van der Waals surface area contributed by atoms with Gasteiger partial charge in [-0.3, -0.25) is 0 Å². The summed E-state index contributed by atoms with van der Waals surface area (Å²) in [5.41, 5.74) is 4.67. The average Bonchev–Trinajstić information content (AvgIpc) is 2.34. The van der Waals surface area contributed by atoms with Gasteiger partial charge < -0.3 is 15.6 Å². The highest BCUT2D eigenvalue weighted by Crippen LogP contribution is 2.40. The van der Waals surface area contributed by atoms with Crippen LogP contribution in [0.1, 0.15) is 18.5 Å². The summed E-state index contributed by atoms with van der Waals surface area (Å²) in [6.07, 6.45) is 0. The lowest BCUT2D eigenvalue weighted by Gasteiger charge is -2.23. The van der Waals surface area contributed by atoms with E-state index in [9.17, 15) is 23.1 Å². The third kappa shape index (κ3) is 3.56. The highest BCUT2D eigenvalue weighted by Gasteiger charge is 2.49. The van der Waals surface area contributed by atoms with Gasteiger partial charge in [-0.05, 0) is 19.1 Å². The Hall–Kier alpha value is -0.990. The van der Waals surface area contributed by atoms with Crippen LogP contribution in [0.3, 0.4) is 0 Å². The summed E-state index contributed by atoms with van der Waals surface area (Å²) in [6.45, 7) is 1.10. The zero-order chi connectivity index (χ0) is 14.8. The summed E-state index contributed by atoms with van der Waals surface area (Å²) in [5.74, 6) is -8.08. The molecule has 0 bridgehead atoms. The Labute approximate surface area is 127 Å². The number of carbonyl (C=O) groups excluding carboxylic acids is 1. The van der Waals surface area contributed by atoms with Crippen LogP contribution in [-0.2, 0) is 9.53 Å². The molecular weight excluding hydrogens is 366 g/mol. The highest BCUT2D eigenvalue weighted by atomic mass is 79.9.